The van der Waals surface area contributed by atoms with Crippen LogP contribution in [0.5, 0.6) is 0 Å². The molecule has 2 N–H and O–H groups in total. The minimum absolute atomic E-state index is 0.706. The standard InChI is InChI=1S/C12H13ClN4/c1-14-11-6-12(17-8-16-11)15-7-9-2-4-10(13)5-3-9/h2-6,8H,7H2,1H3,(H2,14,15,16,17). The van der Waals surface area contributed by atoms with E-state index in [9.17, 15) is 0 Å². The monoisotopic (exact) mass is 248 g/mol. The van der Waals surface area contributed by atoms with Gasteiger partial charge in [0.15, 0.2) is 0 Å². The largest absolute Gasteiger partial charge is 0.373 e. The van der Waals surface area contributed by atoms with Gasteiger partial charge in [-0.2, -0.15) is 0 Å². The summed E-state index contributed by atoms with van der Waals surface area (Å²) < 4.78 is 0. The van der Waals surface area contributed by atoms with Gasteiger partial charge in [-0.25, -0.2) is 9.97 Å². The summed E-state index contributed by atoms with van der Waals surface area (Å²) in [5.41, 5.74) is 1.15. The van der Waals surface area contributed by atoms with Crippen LogP contribution in [0.25, 0.3) is 0 Å². The van der Waals surface area contributed by atoms with Crippen LogP contribution in [0, 0.1) is 0 Å². The number of nitrogens with one attached hydrogen (secondary N) is 2. The van der Waals surface area contributed by atoms with E-state index >= 15 is 0 Å². The number of hydrogen-bond acceptors (Lipinski definition) is 4. The van der Waals surface area contributed by atoms with Gasteiger partial charge < -0.3 is 10.6 Å². The quantitative estimate of drug-likeness (QED) is 0.874. The number of aromatic nitrogens is 2. The maximum absolute atomic E-state index is 5.82. The highest BCUT2D eigenvalue weighted by Gasteiger charge is 1.97. The molecule has 0 radical (unpaired) electrons. The van der Waals surface area contributed by atoms with Crippen molar-refractivity contribution in [3.05, 3.63) is 47.2 Å². The topological polar surface area (TPSA) is 49.8 Å². The first-order chi connectivity index (χ1) is 8.28. The van der Waals surface area contributed by atoms with E-state index in [1.165, 1.54) is 6.33 Å². The van der Waals surface area contributed by atoms with Gasteiger partial charge in [-0.1, -0.05) is 23.7 Å². The van der Waals surface area contributed by atoms with Gasteiger partial charge in [-0.05, 0) is 17.7 Å². The Balaban J connectivity index is 1.99. The van der Waals surface area contributed by atoms with Crippen molar-refractivity contribution in [2.75, 3.05) is 17.7 Å². The average Bonchev–Trinajstić information content (AvgIpc) is 2.38. The molecule has 2 aromatic rings. The van der Waals surface area contributed by atoms with E-state index < -0.39 is 0 Å². The SMILES string of the molecule is CNc1cc(NCc2ccc(Cl)cc2)ncn1. The van der Waals surface area contributed by atoms with Crippen LogP contribution in [0.3, 0.4) is 0 Å². The summed E-state index contributed by atoms with van der Waals surface area (Å²) in [5, 5.41) is 6.93. The molecule has 2 rings (SSSR count). The average molecular weight is 249 g/mol. The van der Waals surface area contributed by atoms with Crippen LogP contribution in [0.2, 0.25) is 5.02 Å². The lowest BCUT2D eigenvalue weighted by Gasteiger charge is -2.06. The second kappa shape index (κ2) is 5.50. The fraction of sp³-hybridized carbons (Fsp3) is 0.167. The van der Waals surface area contributed by atoms with Crippen LogP contribution in [0.1, 0.15) is 5.56 Å². The van der Waals surface area contributed by atoms with Gasteiger partial charge in [-0.15, -0.1) is 0 Å². The van der Waals surface area contributed by atoms with Crippen molar-refractivity contribution < 1.29 is 0 Å². The van der Waals surface area contributed by atoms with E-state index in [2.05, 4.69) is 20.6 Å². The van der Waals surface area contributed by atoms with Crippen LogP contribution >= 0.6 is 11.6 Å². The van der Waals surface area contributed by atoms with E-state index in [4.69, 9.17) is 11.6 Å². The van der Waals surface area contributed by atoms with Crippen LogP contribution < -0.4 is 10.6 Å². The van der Waals surface area contributed by atoms with Gasteiger partial charge in [0, 0.05) is 24.7 Å². The second-order valence-corrected chi connectivity index (χ2v) is 3.95. The zero-order chi connectivity index (χ0) is 12.1. The van der Waals surface area contributed by atoms with Gasteiger partial charge in [0.25, 0.3) is 0 Å². The molecular formula is C12H13ClN4. The van der Waals surface area contributed by atoms with E-state index in [-0.39, 0.29) is 0 Å². The fourth-order valence-electron chi connectivity index (χ4n) is 1.39. The first-order valence-corrected chi connectivity index (χ1v) is 5.64. The Morgan fingerprint density at radius 1 is 1.12 bits per heavy atom. The smallest absolute Gasteiger partial charge is 0.131 e. The molecule has 17 heavy (non-hydrogen) atoms. The van der Waals surface area contributed by atoms with Crippen molar-refractivity contribution in [3.63, 3.8) is 0 Å². The molecule has 0 aliphatic rings. The van der Waals surface area contributed by atoms with Crippen molar-refractivity contribution in [1.82, 2.24) is 9.97 Å². The van der Waals surface area contributed by atoms with Gasteiger partial charge in [0.2, 0.25) is 0 Å². The predicted molar refractivity (Wildman–Crippen MR) is 70.4 cm³/mol. The van der Waals surface area contributed by atoms with Gasteiger partial charge >= 0.3 is 0 Å². The summed E-state index contributed by atoms with van der Waals surface area (Å²) >= 11 is 5.82. The number of halogens is 1. The molecular weight excluding hydrogens is 236 g/mol. The summed E-state index contributed by atoms with van der Waals surface area (Å²) in [7, 11) is 1.82. The molecule has 0 saturated carbocycles. The third-order valence-electron chi connectivity index (χ3n) is 2.31. The molecule has 0 fully saturated rings. The molecule has 0 amide bonds. The predicted octanol–water partition coefficient (Wildman–Crippen LogP) is 2.78. The summed E-state index contributed by atoms with van der Waals surface area (Å²) in [5.74, 6) is 1.58. The molecule has 0 unspecified atom stereocenters. The molecule has 0 saturated heterocycles. The van der Waals surface area contributed by atoms with Crippen molar-refractivity contribution in [1.29, 1.82) is 0 Å². The number of benzene rings is 1. The third kappa shape index (κ3) is 3.32. The highest BCUT2D eigenvalue weighted by atomic mass is 35.5. The highest BCUT2D eigenvalue weighted by molar-refractivity contribution is 6.30. The van der Waals surface area contributed by atoms with Crippen molar-refractivity contribution in [2.45, 2.75) is 6.54 Å². The van der Waals surface area contributed by atoms with E-state index in [0.717, 1.165) is 22.2 Å². The molecule has 0 atom stereocenters. The molecule has 4 nitrogen and oxygen atoms in total. The molecule has 1 aromatic heterocycles. The van der Waals surface area contributed by atoms with Gasteiger partial charge in [0.05, 0.1) is 0 Å². The Bertz CT molecular complexity index is 484. The molecule has 5 heteroatoms. The zero-order valence-electron chi connectivity index (χ0n) is 9.44. The molecule has 0 bridgehead atoms. The summed E-state index contributed by atoms with van der Waals surface area (Å²) in [6, 6.07) is 9.57. The van der Waals surface area contributed by atoms with Crippen LogP contribution in [0.4, 0.5) is 11.6 Å². The molecule has 0 aliphatic heterocycles. The Morgan fingerprint density at radius 2 is 1.82 bits per heavy atom. The van der Waals surface area contributed by atoms with Gasteiger partial charge in [0.1, 0.15) is 18.0 Å². The van der Waals surface area contributed by atoms with E-state index in [0.29, 0.717) is 6.54 Å². The highest BCUT2D eigenvalue weighted by Crippen LogP contribution is 2.12. The van der Waals surface area contributed by atoms with Crippen molar-refractivity contribution in [2.24, 2.45) is 0 Å². The summed E-state index contributed by atoms with van der Waals surface area (Å²) in [6.45, 7) is 0.706. The molecule has 0 aliphatic carbocycles. The first-order valence-electron chi connectivity index (χ1n) is 5.26. The molecule has 0 spiro atoms. The minimum atomic E-state index is 0.706. The number of hydrogen-bond donors (Lipinski definition) is 2. The second-order valence-electron chi connectivity index (χ2n) is 3.52. The van der Waals surface area contributed by atoms with E-state index in [1.54, 1.807) is 0 Å². The maximum atomic E-state index is 5.82. The maximum Gasteiger partial charge on any atom is 0.131 e. The van der Waals surface area contributed by atoms with Crippen LogP contribution in [-0.2, 0) is 6.54 Å². The Morgan fingerprint density at radius 3 is 2.53 bits per heavy atom. The first kappa shape index (κ1) is 11.7. The minimum Gasteiger partial charge on any atom is -0.373 e. The van der Waals surface area contributed by atoms with Crippen LogP contribution in [-0.4, -0.2) is 17.0 Å². The molecule has 1 aromatic carbocycles. The Labute approximate surface area is 105 Å². The molecule has 88 valence electrons. The van der Waals surface area contributed by atoms with Crippen LogP contribution in [0.15, 0.2) is 36.7 Å². The third-order valence-corrected chi connectivity index (χ3v) is 2.56. The number of anilines is 2. The lowest BCUT2D eigenvalue weighted by atomic mass is 10.2. The molecule has 1 heterocycles. The lowest BCUT2D eigenvalue weighted by molar-refractivity contribution is 1.08. The fourth-order valence-corrected chi connectivity index (χ4v) is 1.51. The summed E-state index contributed by atoms with van der Waals surface area (Å²) in [6.07, 6.45) is 1.52. The van der Waals surface area contributed by atoms with E-state index in [1.807, 2.05) is 37.4 Å². The Hall–Kier alpha value is -1.81. The Kier molecular flexibility index (Phi) is 3.77. The number of nitrogens with zero attached hydrogens (tertiary/aromatic N) is 2. The van der Waals surface area contributed by atoms with Crippen molar-refractivity contribution >= 4 is 23.2 Å². The number of rotatable bonds is 4. The van der Waals surface area contributed by atoms with Gasteiger partial charge in [-0.3, -0.25) is 0 Å². The van der Waals surface area contributed by atoms with Crippen molar-refractivity contribution in [3.8, 4) is 0 Å². The zero-order valence-corrected chi connectivity index (χ0v) is 10.2. The normalized spacial score (nSPS) is 10.0. The summed E-state index contributed by atoms with van der Waals surface area (Å²) in [4.78, 5) is 8.18. The lowest BCUT2D eigenvalue weighted by Crippen LogP contribution is -2.02.